The standard InChI is InChI=1S/C11H20N2O4/c1-8(10(15)16)12-11(17)13-6-4-2-3-5-9(13)7-14/h8-9,14H,2-7H2,1H3,(H,12,17)(H,15,16)/t8-,9?/m1/s1. The van der Waals surface area contributed by atoms with Crippen molar-refractivity contribution in [2.24, 2.45) is 0 Å². The molecular weight excluding hydrogens is 224 g/mol. The Kier molecular flexibility index (Phi) is 5.21. The predicted molar refractivity (Wildman–Crippen MR) is 61.7 cm³/mol. The molecule has 0 radical (unpaired) electrons. The quantitative estimate of drug-likeness (QED) is 0.670. The fourth-order valence-corrected chi connectivity index (χ4v) is 1.96. The van der Waals surface area contributed by atoms with E-state index in [4.69, 9.17) is 5.11 Å². The number of aliphatic hydroxyl groups excluding tert-OH is 1. The van der Waals surface area contributed by atoms with Gasteiger partial charge in [-0.1, -0.05) is 12.8 Å². The van der Waals surface area contributed by atoms with Gasteiger partial charge in [0.1, 0.15) is 6.04 Å². The van der Waals surface area contributed by atoms with E-state index in [1.807, 2.05) is 0 Å². The highest BCUT2D eigenvalue weighted by atomic mass is 16.4. The Morgan fingerprint density at radius 1 is 1.41 bits per heavy atom. The Labute approximate surface area is 101 Å². The van der Waals surface area contributed by atoms with Crippen molar-refractivity contribution < 1.29 is 19.8 Å². The Hall–Kier alpha value is -1.30. The van der Waals surface area contributed by atoms with Crippen LogP contribution in [0.2, 0.25) is 0 Å². The Morgan fingerprint density at radius 3 is 2.71 bits per heavy atom. The average Bonchev–Trinajstić information content (AvgIpc) is 2.53. The second kappa shape index (κ2) is 6.44. The summed E-state index contributed by atoms with van der Waals surface area (Å²) >= 11 is 0. The summed E-state index contributed by atoms with van der Waals surface area (Å²) in [5.41, 5.74) is 0. The molecule has 1 unspecified atom stereocenters. The smallest absolute Gasteiger partial charge is 0.325 e. The second-order valence-electron chi connectivity index (χ2n) is 4.39. The third-order valence-electron chi connectivity index (χ3n) is 3.06. The van der Waals surface area contributed by atoms with Gasteiger partial charge in [0.2, 0.25) is 0 Å². The highest BCUT2D eigenvalue weighted by molar-refractivity contribution is 5.82. The Morgan fingerprint density at radius 2 is 2.12 bits per heavy atom. The Balaban J connectivity index is 2.60. The van der Waals surface area contributed by atoms with Crippen molar-refractivity contribution in [2.45, 2.75) is 44.7 Å². The minimum Gasteiger partial charge on any atom is -0.480 e. The molecule has 1 fully saturated rings. The van der Waals surface area contributed by atoms with Crippen LogP contribution in [0.25, 0.3) is 0 Å². The van der Waals surface area contributed by atoms with Crippen LogP contribution in [0.4, 0.5) is 4.79 Å². The molecule has 0 spiro atoms. The number of likely N-dealkylation sites (tertiary alicyclic amines) is 1. The summed E-state index contributed by atoms with van der Waals surface area (Å²) in [6.45, 7) is 1.92. The predicted octanol–water partition coefficient (Wildman–Crippen LogP) is 0.406. The molecule has 3 N–H and O–H groups in total. The van der Waals surface area contributed by atoms with E-state index in [2.05, 4.69) is 5.32 Å². The molecule has 1 aliphatic heterocycles. The number of amides is 2. The highest BCUT2D eigenvalue weighted by Gasteiger charge is 2.26. The molecule has 1 aliphatic rings. The van der Waals surface area contributed by atoms with Crippen LogP contribution < -0.4 is 5.32 Å². The van der Waals surface area contributed by atoms with Crippen molar-refractivity contribution in [3.05, 3.63) is 0 Å². The fourth-order valence-electron chi connectivity index (χ4n) is 1.96. The van der Waals surface area contributed by atoms with Crippen molar-refractivity contribution in [1.82, 2.24) is 10.2 Å². The van der Waals surface area contributed by atoms with Gasteiger partial charge in [-0.2, -0.15) is 0 Å². The zero-order valence-corrected chi connectivity index (χ0v) is 10.1. The number of carbonyl (C=O) groups is 2. The molecule has 98 valence electrons. The van der Waals surface area contributed by atoms with Gasteiger partial charge in [0.25, 0.3) is 0 Å². The third kappa shape index (κ3) is 3.89. The van der Waals surface area contributed by atoms with Crippen LogP contribution in [-0.4, -0.2) is 52.3 Å². The van der Waals surface area contributed by atoms with Gasteiger partial charge in [0.15, 0.2) is 0 Å². The Bertz CT molecular complexity index is 283. The van der Waals surface area contributed by atoms with Crippen LogP contribution >= 0.6 is 0 Å². The first kappa shape index (κ1) is 13.8. The number of aliphatic carboxylic acids is 1. The normalized spacial score (nSPS) is 22.7. The molecule has 0 aromatic carbocycles. The fraction of sp³-hybridized carbons (Fsp3) is 0.818. The van der Waals surface area contributed by atoms with Crippen molar-refractivity contribution >= 4 is 12.0 Å². The zero-order valence-electron chi connectivity index (χ0n) is 10.1. The summed E-state index contributed by atoms with van der Waals surface area (Å²) in [5.74, 6) is -1.06. The van der Waals surface area contributed by atoms with E-state index in [-0.39, 0.29) is 12.6 Å². The second-order valence-corrected chi connectivity index (χ2v) is 4.39. The van der Waals surface area contributed by atoms with E-state index in [0.717, 1.165) is 25.7 Å². The lowest BCUT2D eigenvalue weighted by Crippen LogP contribution is -2.51. The number of carboxylic acids is 1. The maximum Gasteiger partial charge on any atom is 0.325 e. The van der Waals surface area contributed by atoms with E-state index in [1.54, 1.807) is 4.90 Å². The molecule has 1 rings (SSSR count). The number of rotatable bonds is 3. The lowest BCUT2D eigenvalue weighted by Gasteiger charge is -2.29. The van der Waals surface area contributed by atoms with Crippen LogP contribution in [-0.2, 0) is 4.79 Å². The van der Waals surface area contributed by atoms with Gasteiger partial charge in [-0.25, -0.2) is 4.79 Å². The topological polar surface area (TPSA) is 89.9 Å². The lowest BCUT2D eigenvalue weighted by atomic mass is 10.1. The lowest BCUT2D eigenvalue weighted by molar-refractivity contribution is -0.138. The van der Waals surface area contributed by atoms with Crippen molar-refractivity contribution in [2.75, 3.05) is 13.2 Å². The molecule has 2 atom stereocenters. The van der Waals surface area contributed by atoms with Crippen molar-refractivity contribution in [1.29, 1.82) is 0 Å². The number of nitrogens with one attached hydrogen (secondary N) is 1. The van der Waals surface area contributed by atoms with Crippen molar-refractivity contribution in [3.8, 4) is 0 Å². The van der Waals surface area contributed by atoms with Crippen LogP contribution in [0, 0.1) is 0 Å². The zero-order chi connectivity index (χ0) is 12.8. The van der Waals surface area contributed by atoms with Crippen LogP contribution in [0.3, 0.4) is 0 Å². The molecule has 0 saturated carbocycles. The monoisotopic (exact) mass is 244 g/mol. The molecule has 17 heavy (non-hydrogen) atoms. The first-order chi connectivity index (χ1) is 8.06. The molecule has 0 aromatic rings. The molecule has 0 aliphatic carbocycles. The molecule has 6 heteroatoms. The number of carbonyl (C=O) groups excluding carboxylic acids is 1. The molecule has 2 amide bonds. The van der Waals surface area contributed by atoms with Gasteiger partial charge in [0, 0.05) is 6.54 Å². The average molecular weight is 244 g/mol. The van der Waals surface area contributed by atoms with E-state index in [9.17, 15) is 14.7 Å². The van der Waals surface area contributed by atoms with Gasteiger partial charge < -0.3 is 20.4 Å². The van der Waals surface area contributed by atoms with Gasteiger partial charge in [-0.15, -0.1) is 0 Å². The van der Waals surface area contributed by atoms with Crippen LogP contribution in [0.15, 0.2) is 0 Å². The van der Waals surface area contributed by atoms with Gasteiger partial charge in [-0.05, 0) is 19.8 Å². The highest BCUT2D eigenvalue weighted by Crippen LogP contribution is 2.16. The number of nitrogens with zero attached hydrogens (tertiary/aromatic N) is 1. The van der Waals surface area contributed by atoms with E-state index >= 15 is 0 Å². The number of hydrogen-bond acceptors (Lipinski definition) is 3. The summed E-state index contributed by atoms with van der Waals surface area (Å²) in [6, 6.07) is -1.51. The summed E-state index contributed by atoms with van der Waals surface area (Å²) in [6.07, 6.45) is 3.69. The maximum absolute atomic E-state index is 11.9. The van der Waals surface area contributed by atoms with Gasteiger partial charge in [-0.3, -0.25) is 4.79 Å². The third-order valence-corrected chi connectivity index (χ3v) is 3.06. The maximum atomic E-state index is 11.9. The number of urea groups is 1. The summed E-state index contributed by atoms with van der Waals surface area (Å²) in [5, 5.41) is 20.4. The minimum atomic E-state index is -1.06. The van der Waals surface area contributed by atoms with Crippen LogP contribution in [0.5, 0.6) is 0 Å². The number of aliphatic hydroxyl groups is 1. The summed E-state index contributed by atoms with van der Waals surface area (Å²) < 4.78 is 0. The first-order valence-corrected chi connectivity index (χ1v) is 5.97. The van der Waals surface area contributed by atoms with Crippen LogP contribution in [0.1, 0.15) is 32.6 Å². The number of hydrogen-bond donors (Lipinski definition) is 3. The van der Waals surface area contributed by atoms with E-state index < -0.39 is 18.0 Å². The first-order valence-electron chi connectivity index (χ1n) is 5.97. The minimum absolute atomic E-state index is 0.0745. The van der Waals surface area contributed by atoms with Gasteiger partial charge >= 0.3 is 12.0 Å². The molecule has 0 bridgehead atoms. The SMILES string of the molecule is C[C@@H](NC(=O)N1CCCCCC1CO)C(=O)O. The summed E-state index contributed by atoms with van der Waals surface area (Å²) in [4.78, 5) is 24.1. The van der Waals surface area contributed by atoms with Crippen molar-refractivity contribution in [3.63, 3.8) is 0 Å². The van der Waals surface area contributed by atoms with Gasteiger partial charge in [0.05, 0.1) is 12.6 Å². The molecule has 6 nitrogen and oxygen atoms in total. The largest absolute Gasteiger partial charge is 0.480 e. The number of carboxylic acid groups (broad SMARTS) is 1. The van der Waals surface area contributed by atoms with E-state index in [1.165, 1.54) is 6.92 Å². The molecule has 1 saturated heterocycles. The molecule has 0 aromatic heterocycles. The molecular formula is C11H20N2O4. The summed E-state index contributed by atoms with van der Waals surface area (Å²) in [7, 11) is 0. The van der Waals surface area contributed by atoms with E-state index in [0.29, 0.717) is 6.54 Å². The molecule has 1 heterocycles.